The number of thiazole rings is 1. The first-order valence-corrected chi connectivity index (χ1v) is 18.6. The maximum absolute atomic E-state index is 13.6. The Morgan fingerprint density at radius 1 is 1.18 bits per heavy atom. The van der Waals surface area contributed by atoms with E-state index >= 15 is 0 Å². The first kappa shape index (κ1) is 34.2. The lowest BCUT2D eigenvalue weighted by molar-refractivity contribution is -0.688. The van der Waals surface area contributed by atoms with Gasteiger partial charge in [0.25, 0.3) is 0 Å². The number of carbonyl (C=O) groups excluding carboxylic acids is 2. The van der Waals surface area contributed by atoms with Crippen molar-refractivity contribution in [1.29, 1.82) is 0 Å². The number of ketones is 1. The number of hydrogen-bond acceptors (Lipinski definition) is 8. The number of hydrogen-bond donors (Lipinski definition) is 0. The first-order chi connectivity index (χ1) is 23.3. The molecule has 3 saturated carbocycles. The minimum absolute atomic E-state index is 0.0126. The molecular formula is C37H40F3N2O5S2+. The van der Waals surface area contributed by atoms with Gasteiger partial charge in [-0.05, 0) is 60.8 Å². The van der Waals surface area contributed by atoms with Gasteiger partial charge in [0.15, 0.2) is 23.3 Å². The van der Waals surface area contributed by atoms with Crippen molar-refractivity contribution in [3.05, 3.63) is 72.4 Å². The average Bonchev–Trinajstić information content (AvgIpc) is 3.37. The van der Waals surface area contributed by atoms with Gasteiger partial charge in [0, 0.05) is 52.8 Å². The van der Waals surface area contributed by atoms with E-state index in [1.807, 2.05) is 40.5 Å². The van der Waals surface area contributed by atoms with Crippen LogP contribution in [0, 0.1) is 28.6 Å². The van der Waals surface area contributed by atoms with E-state index in [1.54, 1.807) is 12.1 Å². The Morgan fingerprint density at radius 2 is 1.92 bits per heavy atom. The molecule has 0 radical (unpaired) electrons. The van der Waals surface area contributed by atoms with Gasteiger partial charge in [-0.1, -0.05) is 38.6 Å². The summed E-state index contributed by atoms with van der Waals surface area (Å²) in [6.45, 7) is 11.2. The Hall–Kier alpha value is -3.22. The van der Waals surface area contributed by atoms with Crippen molar-refractivity contribution in [3.8, 4) is 17.0 Å². The van der Waals surface area contributed by atoms with E-state index in [2.05, 4.69) is 32.1 Å². The maximum atomic E-state index is 13.6. The third-order valence-electron chi connectivity index (χ3n) is 11.9. The molecule has 7 nitrogen and oxygen atoms in total. The van der Waals surface area contributed by atoms with E-state index in [1.165, 1.54) is 35.2 Å². The molecule has 4 aliphatic rings. The zero-order chi connectivity index (χ0) is 34.8. The lowest BCUT2D eigenvalue weighted by Crippen LogP contribution is -2.60. The van der Waals surface area contributed by atoms with Gasteiger partial charge in [-0.3, -0.25) is 9.59 Å². The van der Waals surface area contributed by atoms with Gasteiger partial charge in [-0.15, -0.1) is 31.1 Å². The largest absolute Gasteiger partial charge is 0.573 e. The smallest absolute Gasteiger partial charge is 0.461 e. The summed E-state index contributed by atoms with van der Waals surface area (Å²) in [4.78, 5) is 31.9. The normalized spacial score (nSPS) is 33.5. The number of halogens is 3. The van der Waals surface area contributed by atoms with Crippen LogP contribution in [0.15, 0.2) is 71.2 Å². The fraction of sp³-hybridized carbons (Fsp3) is 0.514. The molecule has 4 fully saturated rings. The van der Waals surface area contributed by atoms with Crippen LogP contribution >= 0.6 is 23.1 Å². The van der Waals surface area contributed by atoms with Gasteiger partial charge in [0.2, 0.25) is 0 Å². The molecule has 0 unspecified atom stereocenters. The second-order valence-electron chi connectivity index (χ2n) is 14.3. The fourth-order valence-corrected chi connectivity index (χ4v) is 10.8. The molecule has 3 aliphatic carbocycles. The quantitative estimate of drug-likeness (QED) is 0.0736. The summed E-state index contributed by atoms with van der Waals surface area (Å²) in [7, 11) is 0. The van der Waals surface area contributed by atoms with Crippen LogP contribution in [-0.2, 0) is 25.6 Å². The van der Waals surface area contributed by atoms with Crippen LogP contribution in [0.4, 0.5) is 13.2 Å². The van der Waals surface area contributed by atoms with Crippen molar-refractivity contribution >= 4 is 34.9 Å². The summed E-state index contributed by atoms with van der Waals surface area (Å²) in [5.41, 5.74) is 1.34. The van der Waals surface area contributed by atoms with Gasteiger partial charge in [0.05, 0.1) is 17.6 Å². The van der Waals surface area contributed by atoms with Crippen LogP contribution in [0.2, 0.25) is 0 Å². The third-order valence-corrected chi connectivity index (χ3v) is 13.9. The monoisotopic (exact) mass is 713 g/mol. The molecule has 1 aromatic carbocycles. The molecule has 0 amide bonds. The molecule has 3 aromatic rings. The van der Waals surface area contributed by atoms with E-state index < -0.39 is 23.5 Å². The standard InChI is InChI=1S/C37H40F3N2O5S2/c1-5-36-18-29(34(4)22(2)10-14-35(23(3)32(36)47-36)15-11-28(43)31(34)35)45-30(44)21-49-33-41-27(20-48-33)25-12-16-42(17-13-25)19-24-6-8-26(9-7-24)46-37(38,39)40/h5-9,12-13,16-17,20,22-23,29,31-32H,1,10-11,14-15,18-19,21H2,2-4H3/q+1/t22-,23+,29-,31+,32+,34+,35+,36+/m1/s1. The average molecular weight is 714 g/mol. The van der Waals surface area contributed by atoms with E-state index in [9.17, 15) is 22.8 Å². The van der Waals surface area contributed by atoms with Crippen molar-refractivity contribution < 1.29 is 41.5 Å². The van der Waals surface area contributed by atoms with Crippen molar-refractivity contribution in [2.45, 2.75) is 87.9 Å². The summed E-state index contributed by atoms with van der Waals surface area (Å²) < 4.78 is 56.7. The zero-order valence-corrected chi connectivity index (χ0v) is 29.3. The van der Waals surface area contributed by atoms with Crippen LogP contribution < -0.4 is 9.30 Å². The molecule has 7 rings (SSSR count). The molecule has 0 N–H and O–H groups in total. The molecule has 2 bridgehead atoms. The zero-order valence-electron chi connectivity index (χ0n) is 27.7. The molecule has 1 aliphatic heterocycles. The van der Waals surface area contributed by atoms with Crippen LogP contribution in [0.1, 0.15) is 58.4 Å². The number of esters is 1. The highest BCUT2D eigenvalue weighted by Gasteiger charge is 2.73. The van der Waals surface area contributed by atoms with Crippen LogP contribution in [-0.4, -0.2) is 46.7 Å². The van der Waals surface area contributed by atoms with E-state index in [-0.39, 0.29) is 46.7 Å². The molecule has 49 heavy (non-hydrogen) atoms. The minimum atomic E-state index is -4.72. The van der Waals surface area contributed by atoms with Gasteiger partial charge in [0.1, 0.15) is 23.2 Å². The number of nitrogens with zero attached hydrogens (tertiary/aromatic N) is 2. The van der Waals surface area contributed by atoms with Crippen molar-refractivity contribution in [3.63, 3.8) is 0 Å². The third kappa shape index (κ3) is 6.22. The maximum Gasteiger partial charge on any atom is 0.573 e. The van der Waals surface area contributed by atoms with Crippen molar-refractivity contribution in [2.24, 2.45) is 28.6 Å². The number of pyridine rings is 1. The highest BCUT2D eigenvalue weighted by molar-refractivity contribution is 8.01. The topological polar surface area (TPSA) is 81.9 Å². The Bertz CT molecular complexity index is 1750. The molecule has 3 heterocycles. The van der Waals surface area contributed by atoms with Crippen molar-refractivity contribution in [2.75, 3.05) is 5.75 Å². The number of ether oxygens (including phenoxy) is 3. The SMILES string of the molecule is C=C[C@]12C[C@@H](OC(=O)CSc3nc(-c4cc[n+](Cc5ccc(OC(F)(F)F)cc5)cc4)cs3)[C@]3(C)[C@H](C)CC[C@]4(CCC(=O)[C@H]43)[C@@H](C)[C@@H]1O2. The Labute approximate surface area is 292 Å². The number of fused-ring (bicyclic) bond motifs is 1. The Morgan fingerprint density at radius 3 is 2.61 bits per heavy atom. The van der Waals surface area contributed by atoms with Gasteiger partial charge in [-0.2, -0.15) is 0 Å². The van der Waals surface area contributed by atoms with Crippen molar-refractivity contribution in [1.82, 2.24) is 4.98 Å². The lowest BCUT2D eigenvalue weighted by atomic mass is 9.45. The Kier molecular flexibility index (Phi) is 8.75. The Balaban J connectivity index is 0.997. The summed E-state index contributed by atoms with van der Waals surface area (Å²) in [6, 6.07) is 9.64. The number of alkyl halides is 3. The number of carbonyl (C=O) groups is 2. The second-order valence-corrected chi connectivity index (χ2v) is 16.4. The van der Waals surface area contributed by atoms with E-state index in [0.29, 0.717) is 25.2 Å². The van der Waals surface area contributed by atoms with E-state index in [0.717, 1.165) is 40.4 Å². The van der Waals surface area contributed by atoms with Gasteiger partial charge in [-0.25, -0.2) is 9.55 Å². The van der Waals surface area contributed by atoms with Crippen LogP contribution in [0.3, 0.4) is 0 Å². The number of rotatable bonds is 9. The molecular weight excluding hydrogens is 674 g/mol. The molecule has 2 aromatic heterocycles. The number of thioether (sulfide) groups is 1. The number of aromatic nitrogens is 2. The molecule has 260 valence electrons. The summed E-state index contributed by atoms with van der Waals surface area (Å²) in [6.07, 6.45) is 4.40. The summed E-state index contributed by atoms with van der Waals surface area (Å²) in [5.74, 6) is 0.114. The fourth-order valence-electron chi connectivity index (χ4n) is 9.13. The molecule has 8 atom stereocenters. The lowest BCUT2D eigenvalue weighted by Gasteiger charge is -2.58. The number of Topliss-reactive ketones (excluding diaryl/α,β-unsaturated/α-hetero) is 1. The second kappa shape index (κ2) is 12.5. The molecule has 12 heteroatoms. The predicted octanol–water partition coefficient (Wildman–Crippen LogP) is 7.81. The summed E-state index contributed by atoms with van der Waals surface area (Å²) in [5, 5.41) is 1.94. The highest BCUT2D eigenvalue weighted by Crippen LogP contribution is 2.70. The first-order valence-electron chi connectivity index (χ1n) is 16.7. The highest BCUT2D eigenvalue weighted by atomic mass is 32.2. The molecule has 0 spiro atoms. The number of benzene rings is 1. The summed E-state index contributed by atoms with van der Waals surface area (Å²) >= 11 is 2.79. The van der Waals surface area contributed by atoms with Crippen LogP contribution in [0.5, 0.6) is 5.75 Å². The van der Waals surface area contributed by atoms with Gasteiger partial charge >= 0.3 is 12.3 Å². The number of epoxide rings is 1. The van der Waals surface area contributed by atoms with Crippen LogP contribution in [0.25, 0.3) is 11.3 Å². The predicted molar refractivity (Wildman–Crippen MR) is 179 cm³/mol. The molecule has 1 saturated heterocycles. The van der Waals surface area contributed by atoms with Gasteiger partial charge < -0.3 is 14.2 Å². The van der Waals surface area contributed by atoms with E-state index in [4.69, 9.17) is 14.5 Å². The minimum Gasteiger partial charge on any atom is -0.461 e.